The molecule has 0 spiro atoms. The number of hydrogen-bond acceptors (Lipinski definition) is 3. The van der Waals surface area contributed by atoms with Gasteiger partial charge in [0.2, 0.25) is 0 Å². The lowest BCUT2D eigenvalue weighted by Gasteiger charge is -2.19. The van der Waals surface area contributed by atoms with Crippen LogP contribution < -0.4 is 0 Å². The van der Waals surface area contributed by atoms with Crippen molar-refractivity contribution in [3.63, 3.8) is 0 Å². The summed E-state index contributed by atoms with van der Waals surface area (Å²) in [4.78, 5) is 23.0. The molecule has 0 N–H and O–H groups in total. The Hall–Kier alpha value is -1.64. The Labute approximate surface area is 88.1 Å². The number of carbonyl (C=O) groups is 2. The van der Waals surface area contributed by atoms with Crippen LogP contribution in [0.5, 0.6) is 0 Å². The smallest absolute Gasteiger partial charge is 0.322 e. The summed E-state index contributed by atoms with van der Waals surface area (Å²) in [7, 11) is 0. The van der Waals surface area contributed by atoms with Crippen LogP contribution in [0.4, 0.5) is 0 Å². The van der Waals surface area contributed by atoms with Gasteiger partial charge in [0.15, 0.2) is 0 Å². The van der Waals surface area contributed by atoms with Crippen LogP contribution in [0.1, 0.15) is 25.3 Å². The highest BCUT2D eigenvalue weighted by molar-refractivity contribution is 6.01. The predicted octanol–water partition coefficient (Wildman–Crippen LogP) is 1.88. The van der Waals surface area contributed by atoms with Gasteiger partial charge in [0.05, 0.1) is 11.3 Å². The molecule has 1 aromatic rings. The molecule has 1 heterocycles. The van der Waals surface area contributed by atoms with Gasteiger partial charge in [-0.15, -0.1) is 0 Å². The van der Waals surface area contributed by atoms with Crippen molar-refractivity contribution in [2.45, 2.75) is 19.8 Å². The summed E-state index contributed by atoms with van der Waals surface area (Å²) >= 11 is 0. The van der Waals surface area contributed by atoms with Crippen LogP contribution in [0.25, 0.3) is 0 Å². The summed E-state index contributed by atoms with van der Waals surface area (Å²) in [6, 6.07) is 9.25. The van der Waals surface area contributed by atoms with Gasteiger partial charge in [-0.25, -0.2) is 0 Å². The summed E-state index contributed by atoms with van der Waals surface area (Å²) < 4.78 is 4.67. The van der Waals surface area contributed by atoms with Crippen LogP contribution in [-0.4, -0.2) is 11.9 Å². The number of benzene rings is 1. The maximum absolute atomic E-state index is 11.6. The first-order chi connectivity index (χ1) is 7.03. The minimum Gasteiger partial charge on any atom is -0.392 e. The maximum Gasteiger partial charge on any atom is 0.322 e. The van der Waals surface area contributed by atoms with Gasteiger partial charge < -0.3 is 4.74 Å². The van der Waals surface area contributed by atoms with Crippen LogP contribution in [0.15, 0.2) is 30.3 Å². The van der Waals surface area contributed by atoms with Gasteiger partial charge in [0, 0.05) is 0 Å². The van der Waals surface area contributed by atoms with Crippen molar-refractivity contribution in [1.82, 2.24) is 0 Å². The van der Waals surface area contributed by atoms with E-state index in [1.165, 1.54) is 0 Å². The lowest BCUT2D eigenvalue weighted by molar-refractivity contribution is -0.154. The largest absolute Gasteiger partial charge is 0.392 e. The van der Waals surface area contributed by atoms with Crippen molar-refractivity contribution >= 4 is 11.9 Å². The zero-order chi connectivity index (χ0) is 11.1. The molecule has 0 amide bonds. The molecule has 1 aliphatic rings. The van der Waals surface area contributed by atoms with Crippen LogP contribution in [0, 0.1) is 5.41 Å². The number of ether oxygens (including phenoxy) is 1. The second-order valence-electron chi connectivity index (χ2n) is 4.27. The lowest BCUT2D eigenvalue weighted by atomic mass is 9.77. The van der Waals surface area contributed by atoms with Crippen molar-refractivity contribution < 1.29 is 14.3 Å². The van der Waals surface area contributed by atoms with E-state index in [1.54, 1.807) is 13.8 Å². The molecule has 15 heavy (non-hydrogen) atoms. The van der Waals surface area contributed by atoms with E-state index in [0.717, 1.165) is 5.56 Å². The average molecular weight is 204 g/mol. The van der Waals surface area contributed by atoms with Gasteiger partial charge in [-0.2, -0.15) is 0 Å². The quantitative estimate of drug-likeness (QED) is 0.518. The first-order valence-electron chi connectivity index (χ1n) is 4.84. The monoisotopic (exact) mass is 204 g/mol. The Morgan fingerprint density at radius 1 is 1.13 bits per heavy atom. The molecule has 3 nitrogen and oxygen atoms in total. The molecule has 1 saturated heterocycles. The maximum atomic E-state index is 11.6. The topological polar surface area (TPSA) is 43.4 Å². The Morgan fingerprint density at radius 3 is 2.20 bits per heavy atom. The van der Waals surface area contributed by atoms with Crippen molar-refractivity contribution in [3.8, 4) is 0 Å². The van der Waals surface area contributed by atoms with Crippen molar-refractivity contribution in [1.29, 1.82) is 0 Å². The van der Waals surface area contributed by atoms with E-state index in [9.17, 15) is 9.59 Å². The number of carbonyl (C=O) groups excluding carboxylic acids is 2. The average Bonchev–Trinajstić information content (AvgIpc) is 2.37. The van der Waals surface area contributed by atoms with Crippen molar-refractivity contribution in [3.05, 3.63) is 35.9 Å². The number of rotatable bonds is 1. The van der Waals surface area contributed by atoms with Crippen LogP contribution in [0.2, 0.25) is 0 Å². The SMILES string of the molecule is CC1(C)C(=O)OC(=O)C1c1ccccc1. The molecule has 0 aromatic heterocycles. The molecule has 1 atom stereocenters. The van der Waals surface area contributed by atoms with Gasteiger partial charge in [-0.1, -0.05) is 30.3 Å². The van der Waals surface area contributed by atoms with E-state index in [1.807, 2.05) is 30.3 Å². The molecule has 0 saturated carbocycles. The third-order valence-corrected chi connectivity index (χ3v) is 2.81. The first-order valence-corrected chi connectivity index (χ1v) is 4.84. The molecule has 3 heteroatoms. The zero-order valence-corrected chi connectivity index (χ0v) is 8.69. The fourth-order valence-electron chi connectivity index (χ4n) is 1.89. The Balaban J connectivity index is 2.45. The molecule has 1 unspecified atom stereocenters. The van der Waals surface area contributed by atoms with E-state index >= 15 is 0 Å². The Kier molecular flexibility index (Phi) is 2.11. The van der Waals surface area contributed by atoms with Crippen molar-refractivity contribution in [2.75, 3.05) is 0 Å². The standard InChI is InChI=1S/C12H12O3/c1-12(2)9(10(13)15-11(12)14)8-6-4-3-5-7-8/h3-7,9H,1-2H3. The Bertz CT molecular complexity index is 406. The fourth-order valence-corrected chi connectivity index (χ4v) is 1.89. The summed E-state index contributed by atoms with van der Waals surface area (Å²) in [5.74, 6) is -1.37. The molecule has 1 fully saturated rings. The third-order valence-electron chi connectivity index (χ3n) is 2.81. The second kappa shape index (κ2) is 3.19. The van der Waals surface area contributed by atoms with Gasteiger partial charge in [-0.05, 0) is 19.4 Å². The number of cyclic esters (lactones) is 2. The van der Waals surface area contributed by atoms with Crippen LogP contribution in [0.3, 0.4) is 0 Å². The first kappa shape index (κ1) is 9.90. The van der Waals surface area contributed by atoms with E-state index < -0.39 is 23.3 Å². The number of esters is 2. The minimum atomic E-state index is -0.765. The normalized spacial score (nSPS) is 24.0. The highest BCUT2D eigenvalue weighted by atomic mass is 16.6. The minimum absolute atomic E-state index is 0.443. The molecule has 0 bridgehead atoms. The third kappa shape index (κ3) is 1.44. The second-order valence-corrected chi connectivity index (χ2v) is 4.27. The van der Waals surface area contributed by atoms with Gasteiger partial charge in [-0.3, -0.25) is 9.59 Å². The van der Waals surface area contributed by atoms with E-state index in [0.29, 0.717) is 0 Å². The zero-order valence-electron chi connectivity index (χ0n) is 8.69. The van der Waals surface area contributed by atoms with Crippen molar-refractivity contribution in [2.24, 2.45) is 5.41 Å². The molecular formula is C12H12O3. The van der Waals surface area contributed by atoms with E-state index in [-0.39, 0.29) is 0 Å². The van der Waals surface area contributed by atoms with Gasteiger partial charge >= 0.3 is 11.9 Å². The van der Waals surface area contributed by atoms with Crippen LogP contribution >= 0.6 is 0 Å². The van der Waals surface area contributed by atoms with Gasteiger partial charge in [0.1, 0.15) is 0 Å². The summed E-state index contributed by atoms with van der Waals surface area (Å²) in [5.41, 5.74) is 0.0664. The highest BCUT2D eigenvalue weighted by Gasteiger charge is 2.51. The van der Waals surface area contributed by atoms with E-state index in [4.69, 9.17) is 0 Å². The highest BCUT2D eigenvalue weighted by Crippen LogP contribution is 2.42. The molecule has 0 aliphatic carbocycles. The lowest BCUT2D eigenvalue weighted by Crippen LogP contribution is -2.25. The molecule has 0 radical (unpaired) electrons. The number of hydrogen-bond donors (Lipinski definition) is 0. The summed E-state index contributed by atoms with van der Waals surface area (Å²) in [5, 5.41) is 0. The molecular weight excluding hydrogens is 192 g/mol. The summed E-state index contributed by atoms with van der Waals surface area (Å²) in [6.07, 6.45) is 0. The van der Waals surface area contributed by atoms with E-state index in [2.05, 4.69) is 4.74 Å². The van der Waals surface area contributed by atoms with Gasteiger partial charge in [0.25, 0.3) is 0 Å². The summed E-state index contributed by atoms with van der Waals surface area (Å²) in [6.45, 7) is 3.47. The molecule has 2 rings (SSSR count). The fraction of sp³-hybridized carbons (Fsp3) is 0.333. The Morgan fingerprint density at radius 2 is 1.73 bits per heavy atom. The molecule has 1 aliphatic heterocycles. The molecule has 78 valence electrons. The predicted molar refractivity (Wildman–Crippen MR) is 54.1 cm³/mol. The molecule has 1 aromatic carbocycles. The van der Waals surface area contributed by atoms with Crippen LogP contribution in [-0.2, 0) is 14.3 Å².